The predicted molar refractivity (Wildman–Crippen MR) is 405 cm³/mol. The molecule has 2 aliphatic rings. The van der Waals surface area contributed by atoms with Crippen LogP contribution in [-0.4, -0.2) is 140 Å². The Morgan fingerprint density at radius 3 is 1.12 bits per heavy atom. The second-order valence-corrected chi connectivity index (χ2v) is 25.7. The van der Waals surface area contributed by atoms with Crippen LogP contribution in [0.2, 0.25) is 0 Å². The van der Waals surface area contributed by atoms with Crippen LogP contribution in [0.5, 0.6) is 0 Å². The fourth-order valence-corrected chi connectivity index (χ4v) is 11.1. The van der Waals surface area contributed by atoms with E-state index in [4.69, 9.17) is 18.9 Å². The smallest absolute Gasteiger partial charge is 0.220 e. The van der Waals surface area contributed by atoms with E-state index in [0.29, 0.717) is 12.8 Å². The van der Waals surface area contributed by atoms with Gasteiger partial charge in [-0.3, -0.25) is 4.79 Å². The van der Waals surface area contributed by atoms with Crippen molar-refractivity contribution in [3.63, 3.8) is 0 Å². The standard InChI is InChI=1S/C84H135NO13/c1-3-5-7-9-11-13-15-17-19-21-23-25-27-29-30-31-32-33-34-35-36-37-38-39-40-41-42-44-46-48-50-52-54-56-58-60-62-64-66-68-76(89)85-72(71-95-83-81(94)79(92)82(75(70-87)97-83)98-84-80(93)78(91)77(90)74(69-86)96-84)73(88)67-65-63-61-59-57-55-53-51-49-47-45-43-28-26-24-22-20-18-16-14-12-10-8-6-4-2/h5,7,11,13,17,19,23,25,29-30,32-33,35-36,38-39,41-42,46,48-49,51-52,54,57-60,65,67,72-75,77-84,86-88,90-94H,3-4,6,8-10,12,14-16,18,20-22,24,26-28,31,34,37,40,43-45,47,50,53,55-56,61-64,66,68-71H2,1-2H3,(H,85,89)/b7-5-,13-11-,19-17-,25-23-,30-29-,33-32-,36-35-,39-38-,42-41-,48-46-,51-49+,54-52-,59-57+,60-58-,67-65+. The van der Waals surface area contributed by atoms with E-state index < -0.39 is 86.8 Å². The molecule has 2 aliphatic heterocycles. The van der Waals surface area contributed by atoms with E-state index in [1.54, 1.807) is 6.08 Å². The minimum Gasteiger partial charge on any atom is -0.394 e. The Hall–Kier alpha value is -4.91. The number of carbonyl (C=O) groups is 1. The van der Waals surface area contributed by atoms with E-state index >= 15 is 0 Å². The van der Waals surface area contributed by atoms with Crippen molar-refractivity contribution in [1.82, 2.24) is 5.32 Å². The average molecular weight is 1370 g/mol. The van der Waals surface area contributed by atoms with Crippen LogP contribution in [-0.2, 0) is 23.7 Å². The van der Waals surface area contributed by atoms with E-state index in [1.165, 1.54) is 96.3 Å². The summed E-state index contributed by atoms with van der Waals surface area (Å²) in [4.78, 5) is 13.3. The van der Waals surface area contributed by atoms with Gasteiger partial charge in [-0.05, 0) is 135 Å². The molecule has 12 atom stereocenters. The fourth-order valence-electron chi connectivity index (χ4n) is 11.1. The summed E-state index contributed by atoms with van der Waals surface area (Å²) < 4.78 is 22.8. The first-order valence-corrected chi connectivity index (χ1v) is 38.0. The van der Waals surface area contributed by atoms with E-state index in [9.17, 15) is 45.6 Å². The molecule has 0 spiro atoms. The zero-order chi connectivity index (χ0) is 70.8. The highest BCUT2D eigenvalue weighted by atomic mass is 16.7. The molecule has 9 N–H and O–H groups in total. The number of hydrogen-bond acceptors (Lipinski definition) is 13. The van der Waals surface area contributed by atoms with Gasteiger partial charge in [-0.15, -0.1) is 0 Å². The van der Waals surface area contributed by atoms with Gasteiger partial charge in [0.1, 0.15) is 48.8 Å². The van der Waals surface area contributed by atoms with Gasteiger partial charge in [0.2, 0.25) is 5.91 Å². The Morgan fingerprint density at radius 1 is 0.378 bits per heavy atom. The Balaban J connectivity index is 1.71. The van der Waals surface area contributed by atoms with Crippen LogP contribution < -0.4 is 5.32 Å². The summed E-state index contributed by atoms with van der Waals surface area (Å²) in [5.41, 5.74) is 0. The first kappa shape index (κ1) is 89.2. The number of nitrogens with one attached hydrogen (secondary N) is 1. The summed E-state index contributed by atoms with van der Waals surface area (Å²) in [6.45, 7) is 2.63. The van der Waals surface area contributed by atoms with Crippen molar-refractivity contribution >= 4 is 5.91 Å². The molecule has 0 radical (unpaired) electrons. The molecule has 0 bridgehead atoms. The van der Waals surface area contributed by atoms with Crippen molar-refractivity contribution in [3.8, 4) is 0 Å². The van der Waals surface area contributed by atoms with Crippen molar-refractivity contribution < 1.29 is 64.6 Å². The molecular weight excluding hydrogens is 1230 g/mol. The minimum absolute atomic E-state index is 0.202. The molecule has 0 aromatic carbocycles. The first-order valence-electron chi connectivity index (χ1n) is 38.0. The number of carbonyl (C=O) groups excluding carboxylic acids is 1. The lowest BCUT2D eigenvalue weighted by Gasteiger charge is -2.46. The van der Waals surface area contributed by atoms with Crippen molar-refractivity contribution in [2.75, 3.05) is 19.8 Å². The van der Waals surface area contributed by atoms with Gasteiger partial charge in [-0.1, -0.05) is 286 Å². The van der Waals surface area contributed by atoms with Crippen LogP contribution in [0.4, 0.5) is 0 Å². The number of aliphatic hydroxyl groups is 8. The average Bonchev–Trinajstić information content (AvgIpc) is 0.793. The topological polar surface area (TPSA) is 228 Å². The highest BCUT2D eigenvalue weighted by molar-refractivity contribution is 5.76. The molecule has 98 heavy (non-hydrogen) atoms. The Kier molecular flexibility index (Phi) is 59.5. The third-order valence-electron chi connectivity index (χ3n) is 17.1. The maximum Gasteiger partial charge on any atom is 0.220 e. The van der Waals surface area contributed by atoms with Crippen molar-refractivity contribution in [2.24, 2.45) is 0 Å². The quantitative estimate of drug-likeness (QED) is 0.0204. The van der Waals surface area contributed by atoms with Crippen LogP contribution >= 0.6 is 0 Å². The number of hydrogen-bond donors (Lipinski definition) is 9. The molecule has 0 aromatic rings. The summed E-state index contributed by atoms with van der Waals surface area (Å²) in [5.74, 6) is -0.302. The van der Waals surface area contributed by atoms with Crippen LogP contribution in [0.25, 0.3) is 0 Å². The zero-order valence-corrected chi connectivity index (χ0v) is 60.4. The Bertz CT molecular complexity index is 2360. The molecule has 14 nitrogen and oxygen atoms in total. The number of ether oxygens (including phenoxy) is 4. The third kappa shape index (κ3) is 48.0. The number of aliphatic hydroxyl groups excluding tert-OH is 8. The largest absolute Gasteiger partial charge is 0.394 e. The molecule has 554 valence electrons. The summed E-state index contributed by atoms with van der Waals surface area (Å²) in [6.07, 6.45) is 86.7. The predicted octanol–water partition coefficient (Wildman–Crippen LogP) is 16.9. The van der Waals surface area contributed by atoms with Crippen LogP contribution in [0.3, 0.4) is 0 Å². The molecule has 2 fully saturated rings. The van der Waals surface area contributed by atoms with Gasteiger partial charge in [0.05, 0.1) is 32.0 Å². The van der Waals surface area contributed by atoms with Crippen LogP contribution in [0.1, 0.15) is 245 Å². The molecule has 14 heteroatoms. The summed E-state index contributed by atoms with van der Waals surface area (Å²) in [7, 11) is 0. The molecule has 0 aromatic heterocycles. The van der Waals surface area contributed by atoms with Gasteiger partial charge in [-0.2, -0.15) is 0 Å². The van der Waals surface area contributed by atoms with E-state index in [0.717, 1.165) is 116 Å². The lowest BCUT2D eigenvalue weighted by atomic mass is 9.97. The van der Waals surface area contributed by atoms with Gasteiger partial charge in [0, 0.05) is 6.42 Å². The third-order valence-corrected chi connectivity index (χ3v) is 17.1. The summed E-state index contributed by atoms with van der Waals surface area (Å²) in [5, 5.41) is 87.5. The molecule has 1 amide bonds. The Labute approximate surface area is 593 Å². The van der Waals surface area contributed by atoms with Crippen molar-refractivity contribution in [3.05, 3.63) is 182 Å². The van der Waals surface area contributed by atoms with Gasteiger partial charge < -0.3 is 65.1 Å². The van der Waals surface area contributed by atoms with E-state index in [1.807, 2.05) is 6.08 Å². The first-order chi connectivity index (χ1) is 48.1. The highest BCUT2D eigenvalue weighted by Gasteiger charge is 2.51. The maximum atomic E-state index is 13.3. The van der Waals surface area contributed by atoms with Gasteiger partial charge in [0.25, 0.3) is 0 Å². The molecular formula is C84H135NO13. The number of unbranched alkanes of at least 4 members (excludes halogenated alkanes) is 19. The second kappa shape index (κ2) is 65.4. The minimum atomic E-state index is -1.81. The lowest BCUT2D eigenvalue weighted by molar-refractivity contribution is -0.359. The Morgan fingerprint density at radius 2 is 0.714 bits per heavy atom. The van der Waals surface area contributed by atoms with E-state index in [2.05, 4.69) is 189 Å². The molecule has 2 saturated heterocycles. The molecule has 2 heterocycles. The van der Waals surface area contributed by atoms with Crippen molar-refractivity contribution in [1.29, 1.82) is 0 Å². The van der Waals surface area contributed by atoms with Crippen LogP contribution in [0.15, 0.2) is 182 Å². The second-order valence-electron chi connectivity index (χ2n) is 25.7. The van der Waals surface area contributed by atoms with Gasteiger partial charge in [0.15, 0.2) is 12.6 Å². The fraction of sp³-hybridized carbons (Fsp3) is 0.631. The summed E-state index contributed by atoms with van der Waals surface area (Å²) in [6, 6.07) is -0.978. The molecule has 2 rings (SSSR count). The number of rotatable bonds is 60. The monoisotopic (exact) mass is 1370 g/mol. The van der Waals surface area contributed by atoms with Crippen LogP contribution in [0, 0.1) is 0 Å². The highest BCUT2D eigenvalue weighted by Crippen LogP contribution is 2.30. The van der Waals surface area contributed by atoms with E-state index in [-0.39, 0.29) is 18.9 Å². The number of allylic oxidation sites excluding steroid dienone is 29. The number of amides is 1. The lowest BCUT2D eigenvalue weighted by Crippen LogP contribution is -2.65. The van der Waals surface area contributed by atoms with Crippen molar-refractivity contribution in [2.45, 2.75) is 319 Å². The van der Waals surface area contributed by atoms with Gasteiger partial charge in [-0.25, -0.2) is 0 Å². The molecule has 12 unspecified atom stereocenters. The molecule has 0 saturated carbocycles. The normalized spacial score (nSPS) is 23.1. The maximum absolute atomic E-state index is 13.3. The SMILES string of the molecule is CC/C=C\C/C=C\C/C=C\C/C=C\C/C=C\C/C=C\C/C=C\C/C=C\C/C=C\C/C=C\C/C=C\C/C=C\CCCCC(=O)NC(COC1OC(CO)C(OC2OC(CO)C(O)C(O)C2O)C(O)C1O)C(O)/C=C/CC/C=C/CC/C=C/CCCCCCCCCCCCCCCCC. The summed E-state index contributed by atoms with van der Waals surface area (Å²) >= 11 is 0. The zero-order valence-electron chi connectivity index (χ0n) is 60.4. The van der Waals surface area contributed by atoms with Gasteiger partial charge >= 0.3 is 0 Å². The molecule has 0 aliphatic carbocycles.